The van der Waals surface area contributed by atoms with Crippen LogP contribution in [0.1, 0.15) is 27.6 Å². The molecule has 0 unspecified atom stereocenters. The zero-order valence-electron chi connectivity index (χ0n) is 19.2. The number of benzene rings is 1. The summed E-state index contributed by atoms with van der Waals surface area (Å²) in [6.45, 7) is 4.65. The Kier molecular flexibility index (Phi) is 10.4. The number of methoxy groups -OCH3 is 1. The Hall–Kier alpha value is -3.32. The maximum Gasteiger partial charge on any atom is 0.270 e. The first-order valence-electron chi connectivity index (χ1n) is 10.3. The predicted octanol–water partition coefficient (Wildman–Crippen LogP) is -0.490. The molecule has 12 nitrogen and oxygen atoms in total. The van der Waals surface area contributed by atoms with E-state index in [1.165, 1.54) is 13.1 Å². The Morgan fingerprint density at radius 1 is 1.30 bits per heavy atom. The largest absolute Gasteiger partial charge is 0.497 e. The Balaban J connectivity index is 0.000000405. The standard InChI is InChI=1S/C16H21N7O2.C5H11NO2/c1-10-20-13(15(17)22-23(2)18)8-14(21-10)16(24)19-9-11-5-4-6-12(7-11)25-3;6-3-5-4-7-1-2-8-5/h4-8H,9,18H2,1-3H3,(H2,17,22)(H,19,24);5H,1-4,6H2/t;5-/m.1/s1. The van der Waals surface area contributed by atoms with Crippen molar-refractivity contribution in [2.24, 2.45) is 22.4 Å². The number of aromatic nitrogens is 2. The molecule has 2 heterocycles. The number of nitrogens with one attached hydrogen (secondary N) is 1. The minimum absolute atomic E-state index is 0.0948. The van der Waals surface area contributed by atoms with Crippen LogP contribution in [0.5, 0.6) is 5.75 Å². The van der Waals surface area contributed by atoms with Crippen molar-refractivity contribution < 1.29 is 19.0 Å². The molecule has 3 rings (SSSR count). The lowest BCUT2D eigenvalue weighted by molar-refractivity contribution is -0.0834. The van der Waals surface area contributed by atoms with E-state index in [1.807, 2.05) is 24.3 Å². The second-order valence-corrected chi connectivity index (χ2v) is 7.08. The third-order valence-electron chi connectivity index (χ3n) is 4.33. The Labute approximate surface area is 193 Å². The summed E-state index contributed by atoms with van der Waals surface area (Å²) in [4.78, 5) is 20.7. The number of carbonyl (C=O) groups is 1. The van der Waals surface area contributed by atoms with E-state index in [-0.39, 0.29) is 23.5 Å². The molecule has 1 fully saturated rings. The summed E-state index contributed by atoms with van der Waals surface area (Å²) in [6.07, 6.45) is 0.142. The van der Waals surface area contributed by atoms with Crippen molar-refractivity contribution in [1.29, 1.82) is 0 Å². The van der Waals surface area contributed by atoms with E-state index in [2.05, 4.69) is 20.4 Å². The van der Waals surface area contributed by atoms with E-state index in [4.69, 9.17) is 31.5 Å². The number of ether oxygens (including phenoxy) is 3. The second-order valence-electron chi connectivity index (χ2n) is 7.08. The number of amidine groups is 1. The molecule has 1 aromatic carbocycles. The third kappa shape index (κ3) is 8.98. The first-order chi connectivity index (χ1) is 15.8. The number of hydrazone groups is 1. The van der Waals surface area contributed by atoms with Crippen LogP contribution in [0.4, 0.5) is 0 Å². The number of hydrazine groups is 1. The van der Waals surface area contributed by atoms with Gasteiger partial charge in [0.2, 0.25) is 0 Å². The normalized spacial score (nSPS) is 15.8. The van der Waals surface area contributed by atoms with Gasteiger partial charge in [-0.25, -0.2) is 20.9 Å². The van der Waals surface area contributed by atoms with E-state index < -0.39 is 0 Å². The summed E-state index contributed by atoms with van der Waals surface area (Å²) in [6, 6.07) is 8.89. The molecule has 2 aromatic rings. The summed E-state index contributed by atoms with van der Waals surface area (Å²) in [5.74, 6) is 6.31. The SMILES string of the molecule is COc1cccc(CNC(=O)c2cc(/C(N)=N/N(C)N)nc(C)n2)c1.NC[C@@H]1COCCO1. The predicted molar refractivity (Wildman–Crippen MR) is 123 cm³/mol. The number of nitrogens with two attached hydrogens (primary N) is 3. The van der Waals surface area contributed by atoms with E-state index in [1.54, 1.807) is 14.0 Å². The molecule has 1 aliphatic rings. The molecule has 0 spiro atoms. The number of aryl methyl sites for hydroxylation is 1. The number of rotatable bonds is 7. The van der Waals surface area contributed by atoms with Crippen molar-refractivity contribution in [3.05, 3.63) is 53.1 Å². The molecule has 1 aromatic heterocycles. The summed E-state index contributed by atoms with van der Waals surface area (Å²) >= 11 is 0. The van der Waals surface area contributed by atoms with Gasteiger partial charge in [0.15, 0.2) is 5.84 Å². The van der Waals surface area contributed by atoms with Gasteiger partial charge in [0.1, 0.15) is 23.0 Å². The Morgan fingerprint density at radius 3 is 2.67 bits per heavy atom. The van der Waals surface area contributed by atoms with Gasteiger partial charge in [-0.3, -0.25) is 4.79 Å². The highest BCUT2D eigenvalue weighted by Gasteiger charge is 2.13. The van der Waals surface area contributed by atoms with Gasteiger partial charge in [-0.2, -0.15) is 0 Å². The van der Waals surface area contributed by atoms with Gasteiger partial charge in [-0.15, -0.1) is 5.10 Å². The zero-order chi connectivity index (χ0) is 24.2. The number of carbonyl (C=O) groups excluding carboxylic acids is 1. The molecule has 0 radical (unpaired) electrons. The van der Waals surface area contributed by atoms with Gasteiger partial charge >= 0.3 is 0 Å². The van der Waals surface area contributed by atoms with Crippen LogP contribution < -0.4 is 27.4 Å². The van der Waals surface area contributed by atoms with Crippen LogP contribution in [-0.4, -0.2) is 73.5 Å². The van der Waals surface area contributed by atoms with Crippen molar-refractivity contribution in [2.45, 2.75) is 19.6 Å². The van der Waals surface area contributed by atoms with Crippen LogP contribution in [-0.2, 0) is 16.0 Å². The topological polar surface area (TPSA) is 176 Å². The molecule has 1 saturated heterocycles. The molecule has 33 heavy (non-hydrogen) atoms. The summed E-state index contributed by atoms with van der Waals surface area (Å²) < 4.78 is 15.4. The average Bonchev–Trinajstić information content (AvgIpc) is 2.82. The molecule has 1 aliphatic heterocycles. The van der Waals surface area contributed by atoms with Crippen LogP contribution in [0.25, 0.3) is 0 Å². The maximum absolute atomic E-state index is 12.4. The lowest BCUT2D eigenvalue weighted by Crippen LogP contribution is -2.34. The number of amides is 1. The van der Waals surface area contributed by atoms with Crippen LogP contribution >= 0.6 is 0 Å². The van der Waals surface area contributed by atoms with E-state index >= 15 is 0 Å². The van der Waals surface area contributed by atoms with Gasteiger partial charge in [0, 0.05) is 20.1 Å². The molecule has 1 atom stereocenters. The molecule has 12 heteroatoms. The fraction of sp³-hybridized carbons (Fsp3) is 0.429. The molecular formula is C21H32N8O4. The maximum atomic E-state index is 12.4. The van der Waals surface area contributed by atoms with Crippen molar-refractivity contribution in [3.8, 4) is 5.75 Å². The highest BCUT2D eigenvalue weighted by atomic mass is 16.6. The fourth-order valence-corrected chi connectivity index (χ4v) is 2.76. The van der Waals surface area contributed by atoms with Crippen molar-refractivity contribution in [1.82, 2.24) is 20.4 Å². The van der Waals surface area contributed by atoms with E-state index in [9.17, 15) is 4.79 Å². The first-order valence-corrected chi connectivity index (χ1v) is 10.3. The van der Waals surface area contributed by atoms with Gasteiger partial charge in [0.25, 0.3) is 5.91 Å². The summed E-state index contributed by atoms with van der Waals surface area (Å²) in [7, 11) is 3.12. The monoisotopic (exact) mass is 460 g/mol. The Bertz CT molecular complexity index is 932. The summed E-state index contributed by atoms with van der Waals surface area (Å²) in [5.41, 5.74) is 12.6. The molecule has 7 N–H and O–H groups in total. The first kappa shape index (κ1) is 25.9. The molecule has 0 bridgehead atoms. The van der Waals surface area contributed by atoms with Crippen molar-refractivity contribution in [3.63, 3.8) is 0 Å². The third-order valence-corrected chi connectivity index (χ3v) is 4.33. The van der Waals surface area contributed by atoms with Crippen LogP contribution in [0.2, 0.25) is 0 Å². The molecular weight excluding hydrogens is 428 g/mol. The van der Waals surface area contributed by atoms with E-state index in [0.29, 0.717) is 37.8 Å². The zero-order valence-corrected chi connectivity index (χ0v) is 19.2. The Morgan fingerprint density at radius 2 is 2.06 bits per heavy atom. The van der Waals surface area contributed by atoms with Crippen LogP contribution in [0.15, 0.2) is 35.4 Å². The van der Waals surface area contributed by atoms with Gasteiger partial charge in [-0.05, 0) is 30.7 Å². The quantitative estimate of drug-likeness (QED) is 0.182. The van der Waals surface area contributed by atoms with Crippen LogP contribution in [0.3, 0.4) is 0 Å². The fourth-order valence-electron chi connectivity index (χ4n) is 2.76. The molecule has 0 aliphatic carbocycles. The molecule has 180 valence electrons. The van der Waals surface area contributed by atoms with E-state index in [0.717, 1.165) is 23.0 Å². The van der Waals surface area contributed by atoms with Gasteiger partial charge in [0.05, 0.1) is 33.0 Å². The number of hydrogen-bond acceptors (Lipinski definition) is 10. The smallest absolute Gasteiger partial charge is 0.270 e. The lowest BCUT2D eigenvalue weighted by Gasteiger charge is -2.20. The molecule has 1 amide bonds. The average molecular weight is 461 g/mol. The van der Waals surface area contributed by atoms with Gasteiger partial charge in [-0.1, -0.05) is 12.1 Å². The van der Waals surface area contributed by atoms with Crippen molar-refractivity contribution in [2.75, 3.05) is 40.5 Å². The highest BCUT2D eigenvalue weighted by molar-refractivity contribution is 5.99. The molecule has 0 saturated carbocycles. The van der Waals surface area contributed by atoms with Gasteiger partial charge < -0.3 is 31.0 Å². The minimum Gasteiger partial charge on any atom is -0.497 e. The minimum atomic E-state index is -0.344. The highest BCUT2D eigenvalue weighted by Crippen LogP contribution is 2.12. The second kappa shape index (κ2) is 13.3. The number of hydrogen-bond donors (Lipinski definition) is 4. The van der Waals surface area contributed by atoms with Crippen LogP contribution in [0, 0.1) is 6.92 Å². The lowest BCUT2D eigenvalue weighted by atomic mass is 10.2. The summed E-state index contributed by atoms with van der Waals surface area (Å²) in [5, 5.41) is 7.74. The van der Waals surface area contributed by atoms with Crippen molar-refractivity contribution >= 4 is 11.7 Å². The number of nitrogens with zero attached hydrogens (tertiary/aromatic N) is 4.